The van der Waals surface area contributed by atoms with E-state index in [-0.39, 0.29) is 12.4 Å². The molecule has 1 fully saturated rings. The third-order valence-corrected chi connectivity index (χ3v) is 3.89. The fourth-order valence-electron chi connectivity index (χ4n) is 2.57. The summed E-state index contributed by atoms with van der Waals surface area (Å²) in [6.07, 6.45) is 1.63. The highest BCUT2D eigenvalue weighted by atomic mass is 16.7. The summed E-state index contributed by atoms with van der Waals surface area (Å²) in [5, 5.41) is 0. The molecule has 1 aliphatic heterocycles. The second kappa shape index (κ2) is 7.95. The second-order valence-corrected chi connectivity index (χ2v) is 5.67. The predicted octanol–water partition coefficient (Wildman–Crippen LogP) is 4.40. The molecule has 0 bridgehead atoms. The Bertz CT molecular complexity index is 601. The van der Waals surface area contributed by atoms with Gasteiger partial charge in [-0.25, -0.2) is 0 Å². The molecule has 1 unspecified atom stereocenters. The Morgan fingerprint density at radius 1 is 1.00 bits per heavy atom. The van der Waals surface area contributed by atoms with Crippen LogP contribution >= 0.6 is 0 Å². The molecular formula is C20H22O3. The number of hydrogen-bond acceptors (Lipinski definition) is 3. The topological polar surface area (TPSA) is 27.7 Å². The molecule has 3 heteroatoms. The van der Waals surface area contributed by atoms with Gasteiger partial charge in [0.25, 0.3) is 0 Å². The molecule has 0 N–H and O–H groups in total. The average Bonchev–Trinajstić information content (AvgIpc) is 2.63. The Labute approximate surface area is 137 Å². The lowest BCUT2D eigenvalue weighted by atomic mass is 10.1. The van der Waals surface area contributed by atoms with Gasteiger partial charge >= 0.3 is 0 Å². The predicted molar refractivity (Wildman–Crippen MR) is 90.6 cm³/mol. The van der Waals surface area contributed by atoms with E-state index in [1.807, 2.05) is 48.5 Å². The molecule has 0 amide bonds. The zero-order chi connectivity index (χ0) is 15.9. The average molecular weight is 310 g/mol. The van der Waals surface area contributed by atoms with Crippen LogP contribution in [0.2, 0.25) is 0 Å². The second-order valence-electron chi connectivity index (χ2n) is 5.67. The number of hydrogen-bond donors (Lipinski definition) is 0. The van der Waals surface area contributed by atoms with Crippen LogP contribution < -0.4 is 0 Å². The summed E-state index contributed by atoms with van der Waals surface area (Å²) >= 11 is 0. The van der Waals surface area contributed by atoms with Crippen molar-refractivity contribution in [3.63, 3.8) is 0 Å². The molecule has 3 rings (SSSR count). The van der Waals surface area contributed by atoms with Crippen LogP contribution in [0.4, 0.5) is 0 Å². The number of benzene rings is 2. The van der Waals surface area contributed by atoms with Crippen molar-refractivity contribution in [1.82, 2.24) is 0 Å². The molecule has 2 atom stereocenters. The molecule has 1 heterocycles. The van der Waals surface area contributed by atoms with E-state index in [0.717, 1.165) is 18.4 Å². The van der Waals surface area contributed by atoms with E-state index < -0.39 is 0 Å². The molecule has 0 saturated carbocycles. The zero-order valence-corrected chi connectivity index (χ0v) is 13.2. The maximum atomic E-state index is 5.90. The van der Waals surface area contributed by atoms with Gasteiger partial charge in [0.05, 0.1) is 19.3 Å². The zero-order valence-electron chi connectivity index (χ0n) is 13.2. The van der Waals surface area contributed by atoms with Crippen molar-refractivity contribution in [2.24, 2.45) is 0 Å². The summed E-state index contributed by atoms with van der Waals surface area (Å²) in [6, 6.07) is 20.1. The molecule has 3 nitrogen and oxygen atoms in total. The lowest BCUT2D eigenvalue weighted by molar-refractivity contribution is -0.167. The van der Waals surface area contributed by atoms with Crippen molar-refractivity contribution in [2.45, 2.75) is 31.8 Å². The lowest BCUT2D eigenvalue weighted by Crippen LogP contribution is -2.32. The third kappa shape index (κ3) is 4.68. The number of ether oxygens (including phenoxy) is 3. The molecular weight excluding hydrogens is 288 g/mol. The van der Waals surface area contributed by atoms with E-state index in [2.05, 4.69) is 18.7 Å². The van der Waals surface area contributed by atoms with Gasteiger partial charge in [-0.15, -0.1) is 0 Å². The van der Waals surface area contributed by atoms with Gasteiger partial charge in [0.2, 0.25) is 0 Å². The molecule has 2 aromatic carbocycles. The summed E-state index contributed by atoms with van der Waals surface area (Å²) in [7, 11) is 0. The maximum absolute atomic E-state index is 5.90. The summed E-state index contributed by atoms with van der Waals surface area (Å²) in [4.78, 5) is 0. The molecule has 1 aliphatic rings. The van der Waals surface area contributed by atoms with Crippen LogP contribution in [0.1, 0.15) is 24.0 Å². The van der Waals surface area contributed by atoms with Crippen molar-refractivity contribution in [2.75, 3.05) is 6.61 Å². The largest absolute Gasteiger partial charge is 0.465 e. The van der Waals surface area contributed by atoms with Crippen molar-refractivity contribution < 1.29 is 14.2 Å². The number of rotatable bonds is 6. The van der Waals surface area contributed by atoms with Crippen LogP contribution in [0.5, 0.6) is 0 Å². The van der Waals surface area contributed by atoms with Gasteiger partial charge in [0, 0.05) is 12.0 Å². The Morgan fingerprint density at radius 2 is 1.70 bits per heavy atom. The fraction of sp³-hybridized carbons (Fsp3) is 0.300. The highest BCUT2D eigenvalue weighted by Crippen LogP contribution is 2.23. The smallest absolute Gasteiger partial charge is 0.200 e. The normalized spacial score (nSPS) is 20.9. The third-order valence-electron chi connectivity index (χ3n) is 3.89. The van der Waals surface area contributed by atoms with Gasteiger partial charge in [-0.05, 0) is 12.0 Å². The van der Waals surface area contributed by atoms with Crippen molar-refractivity contribution in [3.05, 3.63) is 78.4 Å². The van der Waals surface area contributed by atoms with Crippen molar-refractivity contribution >= 4 is 5.76 Å². The summed E-state index contributed by atoms with van der Waals surface area (Å²) in [5.74, 6) is 0.652. The Kier molecular flexibility index (Phi) is 5.46. The Balaban J connectivity index is 1.41. The van der Waals surface area contributed by atoms with Crippen LogP contribution in [-0.2, 0) is 20.8 Å². The molecule has 0 aliphatic carbocycles. The van der Waals surface area contributed by atoms with Crippen LogP contribution in [0, 0.1) is 0 Å². The fourth-order valence-corrected chi connectivity index (χ4v) is 2.57. The quantitative estimate of drug-likeness (QED) is 0.740. The van der Waals surface area contributed by atoms with Crippen LogP contribution in [0.15, 0.2) is 67.2 Å². The first-order chi connectivity index (χ1) is 11.3. The monoisotopic (exact) mass is 310 g/mol. The summed E-state index contributed by atoms with van der Waals surface area (Å²) < 4.78 is 17.5. The van der Waals surface area contributed by atoms with E-state index in [0.29, 0.717) is 19.0 Å². The molecule has 0 aromatic heterocycles. The minimum atomic E-state index is -0.237. The maximum Gasteiger partial charge on any atom is 0.200 e. The molecule has 1 saturated heterocycles. The van der Waals surface area contributed by atoms with Gasteiger partial charge in [0.15, 0.2) is 6.29 Å². The molecule has 2 aromatic rings. The van der Waals surface area contributed by atoms with Crippen LogP contribution in [0.25, 0.3) is 5.76 Å². The van der Waals surface area contributed by atoms with Crippen LogP contribution in [-0.4, -0.2) is 19.0 Å². The summed E-state index contributed by atoms with van der Waals surface area (Å²) in [5.41, 5.74) is 2.17. The van der Waals surface area contributed by atoms with Gasteiger partial charge in [-0.3, -0.25) is 0 Å². The van der Waals surface area contributed by atoms with Gasteiger partial charge in [-0.2, -0.15) is 0 Å². The summed E-state index contributed by atoms with van der Waals surface area (Å²) in [6.45, 7) is 5.16. The molecule has 0 radical (unpaired) electrons. The van der Waals surface area contributed by atoms with E-state index in [4.69, 9.17) is 14.2 Å². The molecule has 23 heavy (non-hydrogen) atoms. The standard InChI is InChI=1S/C20H22O3/c1-16(18-10-6-3-7-11-18)23-20-13-12-19(15-22-20)21-14-17-8-4-2-5-9-17/h2-11,19-20H,1,12-15H2/t19-,20?/m1/s1. The first kappa shape index (κ1) is 15.8. The van der Waals surface area contributed by atoms with Crippen molar-refractivity contribution in [3.8, 4) is 0 Å². The Hall–Kier alpha value is -2.10. The lowest BCUT2D eigenvalue weighted by Gasteiger charge is -2.29. The molecule has 0 spiro atoms. The van der Waals surface area contributed by atoms with Gasteiger partial charge < -0.3 is 14.2 Å². The van der Waals surface area contributed by atoms with E-state index in [9.17, 15) is 0 Å². The van der Waals surface area contributed by atoms with E-state index in [1.165, 1.54) is 5.56 Å². The minimum Gasteiger partial charge on any atom is -0.465 e. The Morgan fingerprint density at radius 3 is 2.35 bits per heavy atom. The van der Waals surface area contributed by atoms with Crippen LogP contribution in [0.3, 0.4) is 0 Å². The highest BCUT2D eigenvalue weighted by Gasteiger charge is 2.24. The van der Waals surface area contributed by atoms with Gasteiger partial charge in [0.1, 0.15) is 5.76 Å². The van der Waals surface area contributed by atoms with Crippen molar-refractivity contribution in [1.29, 1.82) is 0 Å². The first-order valence-corrected chi connectivity index (χ1v) is 7.99. The first-order valence-electron chi connectivity index (χ1n) is 7.99. The van der Waals surface area contributed by atoms with E-state index >= 15 is 0 Å². The SMILES string of the molecule is C=C(OC1CC[C@@H](OCc2ccccc2)CO1)c1ccccc1. The highest BCUT2D eigenvalue weighted by molar-refractivity contribution is 5.57. The van der Waals surface area contributed by atoms with E-state index in [1.54, 1.807) is 0 Å². The minimum absolute atomic E-state index is 0.125. The van der Waals surface area contributed by atoms with Gasteiger partial charge in [-0.1, -0.05) is 67.2 Å². The molecule has 120 valence electrons.